The Hall–Kier alpha value is -1.38. The lowest BCUT2D eigenvalue weighted by Gasteiger charge is -2.04. The van der Waals surface area contributed by atoms with Gasteiger partial charge in [-0.25, -0.2) is 9.18 Å². The second-order valence-electron chi connectivity index (χ2n) is 3.54. The second kappa shape index (κ2) is 5.49. The highest BCUT2D eigenvalue weighted by atomic mass is 19.1. The third kappa shape index (κ3) is 3.05. The predicted octanol–water partition coefficient (Wildman–Crippen LogP) is 3.26. The van der Waals surface area contributed by atoms with E-state index in [4.69, 9.17) is 5.11 Å². The predicted molar refractivity (Wildman–Crippen MR) is 56.6 cm³/mol. The quantitative estimate of drug-likeness (QED) is 0.757. The van der Waals surface area contributed by atoms with Gasteiger partial charge in [0.15, 0.2) is 0 Å². The second-order valence-corrected chi connectivity index (χ2v) is 3.54. The SMILES string of the molecule is CCCCCc1cccc(C(=O)O)c1F. The number of benzene rings is 1. The number of carboxylic acid groups (broad SMARTS) is 1. The summed E-state index contributed by atoms with van der Waals surface area (Å²) in [7, 11) is 0. The molecule has 0 fully saturated rings. The van der Waals surface area contributed by atoms with Crippen LogP contribution in [0.25, 0.3) is 0 Å². The van der Waals surface area contributed by atoms with E-state index >= 15 is 0 Å². The number of rotatable bonds is 5. The van der Waals surface area contributed by atoms with Gasteiger partial charge < -0.3 is 5.11 Å². The molecule has 0 amide bonds. The summed E-state index contributed by atoms with van der Waals surface area (Å²) in [6.07, 6.45) is 3.62. The minimum atomic E-state index is -1.20. The van der Waals surface area contributed by atoms with Crippen LogP contribution in [0.5, 0.6) is 0 Å². The van der Waals surface area contributed by atoms with E-state index in [0.29, 0.717) is 12.0 Å². The van der Waals surface area contributed by atoms with Crippen molar-refractivity contribution in [2.45, 2.75) is 32.6 Å². The maximum absolute atomic E-state index is 13.6. The highest BCUT2D eigenvalue weighted by Crippen LogP contribution is 2.15. The van der Waals surface area contributed by atoms with Crippen LogP contribution in [-0.2, 0) is 6.42 Å². The molecule has 0 atom stereocenters. The first-order chi connectivity index (χ1) is 7.16. The lowest BCUT2D eigenvalue weighted by atomic mass is 10.0. The number of carbonyl (C=O) groups is 1. The molecule has 0 heterocycles. The number of unbranched alkanes of at least 4 members (excludes halogenated alkanes) is 2. The summed E-state index contributed by atoms with van der Waals surface area (Å²) in [6.45, 7) is 2.07. The molecule has 82 valence electrons. The van der Waals surface area contributed by atoms with Gasteiger partial charge in [0.1, 0.15) is 5.82 Å². The minimum absolute atomic E-state index is 0.232. The summed E-state index contributed by atoms with van der Waals surface area (Å²) in [6, 6.07) is 4.53. The Morgan fingerprint density at radius 3 is 2.73 bits per heavy atom. The third-order valence-corrected chi connectivity index (χ3v) is 2.36. The van der Waals surface area contributed by atoms with Gasteiger partial charge in [0, 0.05) is 0 Å². The van der Waals surface area contributed by atoms with Crippen LogP contribution in [0, 0.1) is 5.82 Å². The summed E-state index contributed by atoms with van der Waals surface area (Å²) >= 11 is 0. The summed E-state index contributed by atoms with van der Waals surface area (Å²) < 4.78 is 13.6. The third-order valence-electron chi connectivity index (χ3n) is 2.36. The Labute approximate surface area is 88.7 Å². The monoisotopic (exact) mass is 210 g/mol. The lowest BCUT2D eigenvalue weighted by Crippen LogP contribution is -2.03. The van der Waals surface area contributed by atoms with E-state index in [2.05, 4.69) is 6.92 Å². The van der Waals surface area contributed by atoms with Gasteiger partial charge in [-0.1, -0.05) is 31.9 Å². The smallest absolute Gasteiger partial charge is 0.338 e. The zero-order chi connectivity index (χ0) is 11.3. The normalized spacial score (nSPS) is 10.3. The summed E-state index contributed by atoms with van der Waals surface area (Å²) in [5.41, 5.74) is 0.271. The van der Waals surface area contributed by atoms with Crippen LogP contribution in [0.4, 0.5) is 4.39 Å². The van der Waals surface area contributed by atoms with Gasteiger partial charge >= 0.3 is 5.97 Å². The van der Waals surface area contributed by atoms with Crippen molar-refractivity contribution in [3.05, 3.63) is 35.1 Å². The van der Waals surface area contributed by atoms with Crippen molar-refractivity contribution in [2.24, 2.45) is 0 Å². The van der Waals surface area contributed by atoms with Gasteiger partial charge in [0.25, 0.3) is 0 Å². The molecule has 1 aromatic rings. The largest absolute Gasteiger partial charge is 0.478 e. The molecule has 0 bridgehead atoms. The number of halogens is 1. The first-order valence-electron chi connectivity index (χ1n) is 5.17. The Kier molecular flexibility index (Phi) is 4.28. The molecule has 1 N–H and O–H groups in total. The van der Waals surface area contributed by atoms with E-state index in [1.165, 1.54) is 6.07 Å². The fraction of sp³-hybridized carbons (Fsp3) is 0.417. The zero-order valence-electron chi connectivity index (χ0n) is 8.79. The van der Waals surface area contributed by atoms with Crippen molar-refractivity contribution >= 4 is 5.97 Å². The van der Waals surface area contributed by atoms with E-state index in [1.54, 1.807) is 12.1 Å². The van der Waals surface area contributed by atoms with Crippen LogP contribution in [0.3, 0.4) is 0 Å². The topological polar surface area (TPSA) is 37.3 Å². The number of aromatic carboxylic acids is 1. The molecule has 0 aliphatic rings. The Morgan fingerprint density at radius 2 is 2.13 bits per heavy atom. The molecule has 0 radical (unpaired) electrons. The Morgan fingerprint density at radius 1 is 1.40 bits per heavy atom. The van der Waals surface area contributed by atoms with E-state index < -0.39 is 11.8 Å². The molecule has 0 spiro atoms. The molecule has 0 saturated carbocycles. The Bertz CT molecular complexity index is 347. The lowest BCUT2D eigenvalue weighted by molar-refractivity contribution is 0.0691. The average Bonchev–Trinajstić information content (AvgIpc) is 2.20. The van der Waals surface area contributed by atoms with Gasteiger partial charge in [-0.15, -0.1) is 0 Å². The van der Waals surface area contributed by atoms with Gasteiger partial charge in [-0.2, -0.15) is 0 Å². The van der Waals surface area contributed by atoms with Crippen LogP contribution in [0.2, 0.25) is 0 Å². The van der Waals surface area contributed by atoms with E-state index in [9.17, 15) is 9.18 Å². The number of aryl methyl sites for hydroxylation is 1. The molecule has 15 heavy (non-hydrogen) atoms. The molecule has 0 saturated heterocycles. The minimum Gasteiger partial charge on any atom is -0.478 e. The van der Waals surface area contributed by atoms with Crippen LogP contribution >= 0.6 is 0 Å². The number of hydrogen-bond donors (Lipinski definition) is 1. The highest BCUT2D eigenvalue weighted by molar-refractivity contribution is 5.88. The summed E-state index contributed by atoms with van der Waals surface area (Å²) in [5, 5.41) is 8.72. The average molecular weight is 210 g/mol. The Balaban J connectivity index is 2.80. The van der Waals surface area contributed by atoms with Gasteiger partial charge in [0.05, 0.1) is 5.56 Å². The van der Waals surface area contributed by atoms with Crippen molar-refractivity contribution in [2.75, 3.05) is 0 Å². The molecule has 0 unspecified atom stereocenters. The molecule has 0 aromatic heterocycles. The molecule has 3 heteroatoms. The molecule has 0 aliphatic heterocycles. The van der Waals surface area contributed by atoms with Gasteiger partial charge in [0.2, 0.25) is 0 Å². The molecule has 1 aromatic carbocycles. The number of carboxylic acids is 1. The van der Waals surface area contributed by atoms with Gasteiger partial charge in [-0.05, 0) is 24.5 Å². The fourth-order valence-corrected chi connectivity index (χ4v) is 1.50. The van der Waals surface area contributed by atoms with Crippen LogP contribution < -0.4 is 0 Å². The maximum Gasteiger partial charge on any atom is 0.338 e. The first kappa shape index (κ1) is 11.7. The zero-order valence-corrected chi connectivity index (χ0v) is 8.79. The van der Waals surface area contributed by atoms with Crippen LogP contribution in [0.15, 0.2) is 18.2 Å². The molecule has 0 aliphatic carbocycles. The molecule has 2 nitrogen and oxygen atoms in total. The van der Waals surface area contributed by atoms with Crippen LogP contribution in [0.1, 0.15) is 42.1 Å². The fourth-order valence-electron chi connectivity index (χ4n) is 1.50. The van der Waals surface area contributed by atoms with Crippen molar-refractivity contribution < 1.29 is 14.3 Å². The van der Waals surface area contributed by atoms with Crippen molar-refractivity contribution in [3.63, 3.8) is 0 Å². The highest BCUT2D eigenvalue weighted by Gasteiger charge is 2.12. The van der Waals surface area contributed by atoms with Crippen molar-refractivity contribution in [1.29, 1.82) is 0 Å². The van der Waals surface area contributed by atoms with E-state index in [-0.39, 0.29) is 5.56 Å². The summed E-state index contributed by atoms with van der Waals surface area (Å²) in [4.78, 5) is 10.7. The van der Waals surface area contributed by atoms with E-state index in [0.717, 1.165) is 19.3 Å². The van der Waals surface area contributed by atoms with E-state index in [1.807, 2.05) is 0 Å². The maximum atomic E-state index is 13.6. The summed E-state index contributed by atoms with van der Waals surface area (Å²) in [5.74, 6) is -1.79. The molecular weight excluding hydrogens is 195 g/mol. The van der Waals surface area contributed by atoms with Crippen LogP contribution in [-0.4, -0.2) is 11.1 Å². The molecular formula is C12H15FO2. The van der Waals surface area contributed by atoms with Crippen molar-refractivity contribution in [1.82, 2.24) is 0 Å². The van der Waals surface area contributed by atoms with Crippen molar-refractivity contribution in [3.8, 4) is 0 Å². The number of hydrogen-bond acceptors (Lipinski definition) is 1. The van der Waals surface area contributed by atoms with Gasteiger partial charge in [-0.3, -0.25) is 0 Å². The standard InChI is InChI=1S/C12H15FO2/c1-2-3-4-6-9-7-5-8-10(11(9)13)12(14)15/h5,7-8H,2-4,6H2,1H3,(H,14,15). The molecule has 1 rings (SSSR count). The first-order valence-corrected chi connectivity index (χ1v) is 5.17.